The molecule has 1 aliphatic heterocycles. The van der Waals surface area contributed by atoms with Gasteiger partial charge in [-0.2, -0.15) is 0 Å². The van der Waals surface area contributed by atoms with Crippen molar-refractivity contribution in [2.45, 2.75) is 33.6 Å². The van der Waals surface area contributed by atoms with E-state index in [9.17, 15) is 4.79 Å². The van der Waals surface area contributed by atoms with Crippen LogP contribution in [0.25, 0.3) is 0 Å². The van der Waals surface area contributed by atoms with E-state index in [1.54, 1.807) is 6.07 Å². The molecule has 0 saturated carbocycles. The molecule has 1 aliphatic rings. The molecule has 98 valence electrons. The van der Waals surface area contributed by atoms with Gasteiger partial charge in [-0.1, -0.05) is 19.9 Å². The highest BCUT2D eigenvalue weighted by atomic mass is 16.2. The third-order valence-corrected chi connectivity index (χ3v) is 3.90. The molecule has 1 heterocycles. The maximum atomic E-state index is 12.5. The fourth-order valence-electron chi connectivity index (χ4n) is 2.36. The van der Waals surface area contributed by atoms with Gasteiger partial charge < -0.3 is 10.6 Å². The van der Waals surface area contributed by atoms with Gasteiger partial charge in [0.05, 0.1) is 0 Å². The average Bonchev–Trinajstić information content (AvgIpc) is 2.31. The van der Waals surface area contributed by atoms with Gasteiger partial charge >= 0.3 is 0 Å². The van der Waals surface area contributed by atoms with E-state index in [-0.39, 0.29) is 5.91 Å². The van der Waals surface area contributed by atoms with Gasteiger partial charge in [-0.15, -0.1) is 0 Å². The second kappa shape index (κ2) is 4.63. The van der Waals surface area contributed by atoms with Crippen molar-refractivity contribution in [3.05, 3.63) is 29.3 Å². The lowest BCUT2D eigenvalue weighted by Crippen LogP contribution is -2.41. The number of carbonyl (C=O) groups is 1. The van der Waals surface area contributed by atoms with Crippen molar-refractivity contribution < 1.29 is 4.79 Å². The minimum absolute atomic E-state index is 0.121. The maximum absolute atomic E-state index is 12.5. The molecule has 0 aliphatic carbocycles. The van der Waals surface area contributed by atoms with Crippen LogP contribution in [0, 0.1) is 12.3 Å². The van der Waals surface area contributed by atoms with E-state index in [4.69, 9.17) is 5.73 Å². The van der Waals surface area contributed by atoms with Crippen molar-refractivity contribution in [3.8, 4) is 0 Å². The largest absolute Gasteiger partial charge is 0.399 e. The summed E-state index contributed by atoms with van der Waals surface area (Å²) in [5.74, 6) is 0.121. The quantitative estimate of drug-likeness (QED) is 0.774. The highest BCUT2D eigenvalue weighted by Gasteiger charge is 2.28. The number of rotatable bonds is 1. The molecule has 3 nitrogen and oxygen atoms in total. The van der Waals surface area contributed by atoms with Gasteiger partial charge in [-0.3, -0.25) is 4.79 Å². The molecule has 0 spiro atoms. The number of nitrogens with two attached hydrogens (primary N) is 1. The Morgan fingerprint density at radius 1 is 1.28 bits per heavy atom. The molecule has 1 fully saturated rings. The summed E-state index contributed by atoms with van der Waals surface area (Å²) in [4.78, 5) is 14.4. The monoisotopic (exact) mass is 246 g/mol. The van der Waals surface area contributed by atoms with E-state index in [2.05, 4.69) is 13.8 Å². The second-order valence-electron chi connectivity index (χ2n) is 6.03. The number of carbonyl (C=O) groups excluding carboxylic acids is 1. The van der Waals surface area contributed by atoms with Crippen LogP contribution in [0.3, 0.4) is 0 Å². The number of nitrogens with zero attached hydrogens (tertiary/aromatic N) is 1. The lowest BCUT2D eigenvalue weighted by Gasteiger charge is -2.37. The highest BCUT2D eigenvalue weighted by Crippen LogP contribution is 2.30. The topological polar surface area (TPSA) is 46.3 Å². The number of nitrogen functional groups attached to an aromatic ring is 1. The zero-order valence-corrected chi connectivity index (χ0v) is 11.5. The normalized spacial score (nSPS) is 18.7. The molecule has 2 rings (SSSR count). The number of hydrogen-bond donors (Lipinski definition) is 1. The van der Waals surface area contributed by atoms with E-state index in [0.29, 0.717) is 11.1 Å². The predicted molar refractivity (Wildman–Crippen MR) is 74.5 cm³/mol. The van der Waals surface area contributed by atoms with E-state index < -0.39 is 0 Å². The van der Waals surface area contributed by atoms with Crippen molar-refractivity contribution in [2.75, 3.05) is 18.8 Å². The van der Waals surface area contributed by atoms with Crippen molar-refractivity contribution in [1.29, 1.82) is 0 Å². The van der Waals surface area contributed by atoms with E-state index in [1.165, 1.54) is 0 Å². The number of likely N-dealkylation sites (tertiary alicyclic amines) is 1. The van der Waals surface area contributed by atoms with Crippen molar-refractivity contribution in [1.82, 2.24) is 4.90 Å². The van der Waals surface area contributed by atoms with E-state index in [1.807, 2.05) is 24.0 Å². The average molecular weight is 246 g/mol. The van der Waals surface area contributed by atoms with Crippen molar-refractivity contribution in [3.63, 3.8) is 0 Å². The molecule has 0 radical (unpaired) electrons. The first kappa shape index (κ1) is 12.9. The standard InChI is InChI=1S/C15H22N2O/c1-11-4-5-12(16)10-13(11)14(18)17-8-6-15(2,3)7-9-17/h4-5,10H,6-9,16H2,1-3H3. The Bertz CT molecular complexity index is 456. The molecule has 3 heteroatoms. The van der Waals surface area contributed by atoms with Crippen molar-refractivity contribution >= 4 is 11.6 Å². The molecule has 0 unspecified atom stereocenters. The summed E-state index contributed by atoms with van der Waals surface area (Å²) in [7, 11) is 0. The van der Waals surface area contributed by atoms with Gasteiger partial charge in [0.25, 0.3) is 5.91 Å². The lowest BCUT2D eigenvalue weighted by atomic mass is 9.82. The first-order valence-corrected chi connectivity index (χ1v) is 6.54. The number of piperidine rings is 1. The van der Waals surface area contributed by atoms with Crippen LogP contribution in [0.15, 0.2) is 18.2 Å². The fraction of sp³-hybridized carbons (Fsp3) is 0.533. The first-order valence-electron chi connectivity index (χ1n) is 6.54. The first-order chi connectivity index (χ1) is 8.39. The lowest BCUT2D eigenvalue weighted by molar-refractivity contribution is 0.0629. The van der Waals surface area contributed by atoms with Crippen LogP contribution in [-0.2, 0) is 0 Å². The number of benzene rings is 1. The van der Waals surface area contributed by atoms with Gasteiger partial charge in [0.1, 0.15) is 0 Å². The van der Waals surface area contributed by atoms with Crippen LogP contribution in [-0.4, -0.2) is 23.9 Å². The van der Waals surface area contributed by atoms with Crippen LogP contribution in [0.5, 0.6) is 0 Å². The minimum Gasteiger partial charge on any atom is -0.399 e. The Labute approximate surface area is 109 Å². The Balaban J connectivity index is 2.15. The molecule has 2 N–H and O–H groups in total. The third kappa shape index (κ3) is 2.66. The molecule has 1 saturated heterocycles. The van der Waals surface area contributed by atoms with Crippen LogP contribution in [0.2, 0.25) is 0 Å². The van der Waals surface area contributed by atoms with E-state index in [0.717, 1.165) is 37.1 Å². The molecule has 0 bridgehead atoms. The number of hydrogen-bond acceptors (Lipinski definition) is 2. The Morgan fingerprint density at radius 3 is 2.50 bits per heavy atom. The van der Waals surface area contributed by atoms with Gasteiger partial charge in [-0.05, 0) is 42.9 Å². The third-order valence-electron chi connectivity index (χ3n) is 3.90. The summed E-state index contributed by atoms with van der Waals surface area (Å²) in [5.41, 5.74) is 8.53. The summed E-state index contributed by atoms with van der Waals surface area (Å²) >= 11 is 0. The summed E-state index contributed by atoms with van der Waals surface area (Å²) in [6.07, 6.45) is 2.14. The predicted octanol–water partition coefficient (Wildman–Crippen LogP) is 2.84. The van der Waals surface area contributed by atoms with Crippen LogP contribution in [0.4, 0.5) is 5.69 Å². The number of anilines is 1. The van der Waals surface area contributed by atoms with Gasteiger partial charge in [0, 0.05) is 24.3 Å². The summed E-state index contributed by atoms with van der Waals surface area (Å²) in [6.45, 7) is 8.18. The Kier molecular flexibility index (Phi) is 3.33. The Hall–Kier alpha value is -1.51. The van der Waals surface area contributed by atoms with Crippen LogP contribution in [0.1, 0.15) is 42.6 Å². The highest BCUT2D eigenvalue weighted by molar-refractivity contribution is 5.96. The van der Waals surface area contributed by atoms with Gasteiger partial charge in [-0.25, -0.2) is 0 Å². The number of aryl methyl sites for hydroxylation is 1. The number of amides is 1. The maximum Gasteiger partial charge on any atom is 0.254 e. The fourth-order valence-corrected chi connectivity index (χ4v) is 2.36. The Morgan fingerprint density at radius 2 is 1.89 bits per heavy atom. The zero-order valence-electron chi connectivity index (χ0n) is 11.5. The van der Waals surface area contributed by atoms with Gasteiger partial charge in [0.2, 0.25) is 0 Å². The summed E-state index contributed by atoms with van der Waals surface area (Å²) in [6, 6.07) is 5.54. The second-order valence-corrected chi connectivity index (χ2v) is 6.03. The van der Waals surface area contributed by atoms with Crippen molar-refractivity contribution in [2.24, 2.45) is 5.41 Å². The summed E-state index contributed by atoms with van der Waals surface area (Å²) in [5, 5.41) is 0. The summed E-state index contributed by atoms with van der Waals surface area (Å²) < 4.78 is 0. The van der Waals surface area contributed by atoms with E-state index >= 15 is 0 Å². The molecular weight excluding hydrogens is 224 g/mol. The van der Waals surface area contributed by atoms with Crippen LogP contribution < -0.4 is 5.73 Å². The molecule has 1 amide bonds. The SMILES string of the molecule is Cc1ccc(N)cc1C(=O)N1CCC(C)(C)CC1. The van der Waals surface area contributed by atoms with Gasteiger partial charge in [0.15, 0.2) is 0 Å². The molecule has 18 heavy (non-hydrogen) atoms. The van der Waals surface area contributed by atoms with Crippen LogP contribution >= 0.6 is 0 Å². The smallest absolute Gasteiger partial charge is 0.254 e. The minimum atomic E-state index is 0.121. The molecule has 0 atom stereocenters. The molecular formula is C15H22N2O. The molecule has 1 aromatic rings. The zero-order chi connectivity index (χ0) is 13.3. The molecule has 1 aromatic carbocycles. The molecule has 0 aromatic heterocycles.